The number of fused-ring (bicyclic) bond motifs is 1. The van der Waals surface area contributed by atoms with Crippen LogP contribution in [0.25, 0.3) is 0 Å². The normalized spacial score (nSPS) is 18.5. The Hall–Kier alpha value is -3.36. The highest BCUT2D eigenvalue weighted by Crippen LogP contribution is 2.50. The van der Waals surface area contributed by atoms with Crippen molar-refractivity contribution in [2.45, 2.75) is 18.7 Å². The van der Waals surface area contributed by atoms with Gasteiger partial charge in [-0.05, 0) is 86.3 Å². The van der Waals surface area contributed by atoms with E-state index in [1.165, 1.54) is 11.8 Å². The number of amides is 1. The van der Waals surface area contributed by atoms with Gasteiger partial charge in [-0.1, -0.05) is 23.9 Å². The molecule has 1 amide bonds. The SMILES string of the molecule is CCN(CC)c1ccc(N=C2SC(=C3Sc4ccccc4N3C)C(=O)N2c2ccc(O)cc2)cc1. The Kier molecular flexibility index (Phi) is 6.49. The lowest BCUT2D eigenvalue weighted by Crippen LogP contribution is -2.29. The Labute approximate surface area is 214 Å². The number of amidine groups is 1. The van der Waals surface area contributed by atoms with E-state index in [2.05, 4.69) is 47.9 Å². The molecule has 0 bridgehead atoms. The topological polar surface area (TPSA) is 59.4 Å². The molecule has 8 heteroatoms. The molecule has 1 saturated heterocycles. The van der Waals surface area contributed by atoms with Crippen LogP contribution in [0.2, 0.25) is 0 Å². The number of carbonyl (C=O) groups excluding carboxylic acids is 1. The molecule has 2 aliphatic heterocycles. The van der Waals surface area contributed by atoms with Crippen molar-refractivity contribution in [3.8, 4) is 5.75 Å². The van der Waals surface area contributed by atoms with Crippen LogP contribution in [0.1, 0.15) is 13.8 Å². The fraction of sp³-hybridized carbons (Fsp3) is 0.185. The lowest BCUT2D eigenvalue weighted by molar-refractivity contribution is -0.113. The molecule has 1 fully saturated rings. The zero-order chi connectivity index (χ0) is 24.5. The van der Waals surface area contributed by atoms with Crippen LogP contribution in [-0.2, 0) is 4.79 Å². The van der Waals surface area contributed by atoms with Crippen LogP contribution in [0.3, 0.4) is 0 Å². The van der Waals surface area contributed by atoms with Gasteiger partial charge >= 0.3 is 0 Å². The van der Waals surface area contributed by atoms with E-state index in [4.69, 9.17) is 4.99 Å². The smallest absolute Gasteiger partial charge is 0.274 e. The fourth-order valence-corrected chi connectivity index (χ4v) is 6.49. The second kappa shape index (κ2) is 9.71. The number of phenolic OH excluding ortho intramolecular Hbond substituents is 1. The summed E-state index contributed by atoms with van der Waals surface area (Å²) < 4.78 is 0. The van der Waals surface area contributed by atoms with E-state index in [1.54, 1.807) is 40.9 Å². The summed E-state index contributed by atoms with van der Waals surface area (Å²) in [5, 5.41) is 11.3. The number of aromatic hydroxyl groups is 1. The van der Waals surface area contributed by atoms with Crippen molar-refractivity contribution in [1.82, 2.24) is 0 Å². The minimum atomic E-state index is -0.124. The number of benzene rings is 3. The van der Waals surface area contributed by atoms with E-state index in [1.807, 2.05) is 31.3 Å². The van der Waals surface area contributed by atoms with Gasteiger partial charge in [-0.3, -0.25) is 9.69 Å². The lowest BCUT2D eigenvalue weighted by Gasteiger charge is -2.21. The fourth-order valence-electron chi connectivity index (χ4n) is 4.14. The van der Waals surface area contributed by atoms with Crippen LogP contribution in [0.5, 0.6) is 5.75 Å². The van der Waals surface area contributed by atoms with Crippen molar-refractivity contribution in [3.63, 3.8) is 0 Å². The Balaban J connectivity index is 1.55. The van der Waals surface area contributed by atoms with Crippen molar-refractivity contribution in [3.05, 3.63) is 82.7 Å². The number of thioether (sulfide) groups is 2. The van der Waals surface area contributed by atoms with Gasteiger partial charge in [-0.2, -0.15) is 0 Å². The monoisotopic (exact) mass is 502 g/mol. The molecule has 178 valence electrons. The highest BCUT2D eigenvalue weighted by molar-refractivity contribution is 8.20. The van der Waals surface area contributed by atoms with Crippen molar-refractivity contribution in [2.24, 2.45) is 4.99 Å². The van der Waals surface area contributed by atoms with Gasteiger partial charge in [-0.15, -0.1) is 0 Å². The zero-order valence-electron chi connectivity index (χ0n) is 19.8. The molecule has 0 radical (unpaired) electrons. The molecule has 0 saturated carbocycles. The average molecular weight is 503 g/mol. The van der Waals surface area contributed by atoms with E-state index in [0.717, 1.165) is 40.1 Å². The molecule has 6 nitrogen and oxygen atoms in total. The number of hydrogen-bond donors (Lipinski definition) is 1. The van der Waals surface area contributed by atoms with E-state index in [0.29, 0.717) is 15.8 Å². The van der Waals surface area contributed by atoms with Crippen LogP contribution < -0.4 is 14.7 Å². The quantitative estimate of drug-likeness (QED) is 0.407. The van der Waals surface area contributed by atoms with Crippen LogP contribution in [0, 0.1) is 0 Å². The van der Waals surface area contributed by atoms with E-state index in [9.17, 15) is 9.90 Å². The lowest BCUT2D eigenvalue weighted by atomic mass is 10.2. The van der Waals surface area contributed by atoms with Crippen molar-refractivity contribution >= 4 is 57.3 Å². The predicted octanol–water partition coefficient (Wildman–Crippen LogP) is 6.42. The molecule has 3 aromatic carbocycles. The number of para-hydroxylation sites is 1. The molecule has 0 spiro atoms. The summed E-state index contributed by atoms with van der Waals surface area (Å²) >= 11 is 2.98. The van der Waals surface area contributed by atoms with Gasteiger partial charge in [0.2, 0.25) is 0 Å². The van der Waals surface area contributed by atoms with E-state index in [-0.39, 0.29) is 11.7 Å². The summed E-state index contributed by atoms with van der Waals surface area (Å²) in [5.74, 6) is 0.0278. The highest BCUT2D eigenvalue weighted by atomic mass is 32.2. The minimum Gasteiger partial charge on any atom is -0.508 e. The van der Waals surface area contributed by atoms with Gasteiger partial charge < -0.3 is 14.9 Å². The largest absolute Gasteiger partial charge is 0.508 e. The summed E-state index contributed by atoms with van der Waals surface area (Å²) in [7, 11) is 1.99. The van der Waals surface area contributed by atoms with Gasteiger partial charge in [0.15, 0.2) is 5.17 Å². The number of aliphatic imine (C=N–C) groups is 1. The van der Waals surface area contributed by atoms with E-state index >= 15 is 0 Å². The number of nitrogens with zero attached hydrogens (tertiary/aromatic N) is 4. The third-order valence-corrected chi connectivity index (χ3v) is 8.42. The molecule has 0 atom stereocenters. The van der Waals surface area contributed by atoms with E-state index < -0.39 is 0 Å². The van der Waals surface area contributed by atoms with Crippen LogP contribution in [0.15, 0.2) is 92.6 Å². The maximum atomic E-state index is 13.8. The number of hydrogen-bond acceptors (Lipinski definition) is 7. The standard InChI is InChI=1S/C27H26N4O2S2/c1-4-30(5-2)19-12-10-18(11-13-19)28-27-31(20-14-16-21(32)17-15-20)25(33)24(35-27)26-29(3)22-8-6-7-9-23(22)34-26/h6-17,32H,4-5H2,1-3H3. The first-order valence-electron chi connectivity index (χ1n) is 11.5. The Morgan fingerprint density at radius 2 is 1.60 bits per heavy atom. The second-order valence-corrected chi connectivity index (χ2v) is 10.1. The maximum Gasteiger partial charge on any atom is 0.274 e. The minimum absolute atomic E-state index is 0.124. The van der Waals surface area contributed by atoms with Crippen LogP contribution in [0.4, 0.5) is 22.7 Å². The number of phenols is 1. The predicted molar refractivity (Wildman–Crippen MR) is 148 cm³/mol. The Morgan fingerprint density at radius 3 is 2.26 bits per heavy atom. The first-order valence-corrected chi connectivity index (χ1v) is 13.1. The summed E-state index contributed by atoms with van der Waals surface area (Å²) in [6.45, 7) is 6.15. The molecule has 0 aromatic heterocycles. The Bertz CT molecular complexity index is 1320. The number of rotatable bonds is 5. The average Bonchev–Trinajstić information content (AvgIpc) is 3.38. The molecule has 35 heavy (non-hydrogen) atoms. The van der Waals surface area contributed by atoms with Crippen LogP contribution in [-0.4, -0.2) is 36.3 Å². The van der Waals surface area contributed by atoms with Crippen LogP contribution >= 0.6 is 23.5 Å². The first-order chi connectivity index (χ1) is 17.0. The molecule has 0 unspecified atom stereocenters. The molecular weight excluding hydrogens is 476 g/mol. The zero-order valence-corrected chi connectivity index (χ0v) is 21.4. The van der Waals surface area contributed by atoms with Gasteiger partial charge in [0.25, 0.3) is 5.91 Å². The summed E-state index contributed by atoms with van der Waals surface area (Å²) in [6.07, 6.45) is 0. The molecular formula is C27H26N4O2S2. The highest BCUT2D eigenvalue weighted by Gasteiger charge is 2.40. The molecule has 3 aromatic rings. The van der Waals surface area contributed by atoms with Crippen molar-refractivity contribution in [1.29, 1.82) is 0 Å². The summed E-state index contributed by atoms with van der Waals surface area (Å²) in [6, 6.07) is 22.9. The molecule has 2 heterocycles. The third kappa shape index (κ3) is 4.39. The van der Waals surface area contributed by atoms with Crippen molar-refractivity contribution < 1.29 is 9.90 Å². The van der Waals surface area contributed by atoms with Gasteiger partial charge in [-0.25, -0.2) is 4.99 Å². The molecule has 5 rings (SSSR count). The third-order valence-electron chi connectivity index (χ3n) is 6.03. The molecule has 1 N–H and O–H groups in total. The molecule has 2 aliphatic rings. The van der Waals surface area contributed by atoms with Gasteiger partial charge in [0.05, 0.1) is 22.1 Å². The first kappa shape index (κ1) is 23.4. The van der Waals surface area contributed by atoms with Gasteiger partial charge in [0.1, 0.15) is 10.7 Å². The number of carbonyl (C=O) groups is 1. The van der Waals surface area contributed by atoms with Gasteiger partial charge in [0, 0.05) is 30.7 Å². The molecule has 0 aliphatic carbocycles. The second-order valence-electron chi connectivity index (χ2n) is 8.11. The summed E-state index contributed by atoms with van der Waals surface area (Å²) in [5.41, 5.74) is 3.68. The maximum absolute atomic E-state index is 13.8. The number of anilines is 3. The summed E-state index contributed by atoms with van der Waals surface area (Å²) in [4.78, 5) is 26.4. The Morgan fingerprint density at radius 1 is 0.914 bits per heavy atom. The van der Waals surface area contributed by atoms with Crippen molar-refractivity contribution in [2.75, 3.05) is 34.8 Å².